The summed E-state index contributed by atoms with van der Waals surface area (Å²) in [6.07, 6.45) is 1.88. The molecular weight excluding hydrogens is 192 g/mol. The second-order valence-electron chi connectivity index (χ2n) is 3.68. The molecule has 0 saturated heterocycles. The third-order valence-electron chi connectivity index (χ3n) is 3.29. The van der Waals surface area contributed by atoms with Crippen molar-refractivity contribution in [1.29, 1.82) is 0 Å². The monoisotopic (exact) mass is 213 g/mol. The molecule has 0 aliphatic carbocycles. The quantitative estimate of drug-likeness (QED) is 0.478. The first-order chi connectivity index (χ1) is 6.67. The molecule has 0 aliphatic rings. The molecule has 1 radical (unpaired) electrons. The highest BCUT2D eigenvalue weighted by atomic mass is 28.3. The molecule has 0 aromatic rings. The van der Waals surface area contributed by atoms with Crippen LogP contribution in [0.15, 0.2) is 11.8 Å². The molecule has 0 aromatic heterocycles. The van der Waals surface area contributed by atoms with Gasteiger partial charge in [0.05, 0.1) is 8.07 Å². The minimum absolute atomic E-state index is 0.803. The minimum Gasteiger partial charge on any atom is -0.423 e. The predicted octanol–water partition coefficient (Wildman–Crippen LogP) is 3.48. The van der Waals surface area contributed by atoms with Crippen molar-refractivity contribution < 1.29 is 9.53 Å². The van der Waals surface area contributed by atoms with Crippen molar-refractivity contribution in [2.45, 2.75) is 51.9 Å². The molecule has 0 atom stereocenters. The van der Waals surface area contributed by atoms with Crippen molar-refractivity contribution in [1.82, 2.24) is 0 Å². The van der Waals surface area contributed by atoms with Crippen molar-refractivity contribution in [3.63, 3.8) is 0 Å². The second kappa shape index (κ2) is 6.82. The van der Waals surface area contributed by atoms with E-state index in [-0.39, 0.29) is 0 Å². The van der Waals surface area contributed by atoms with Gasteiger partial charge in [0.2, 0.25) is 0 Å². The highest BCUT2D eigenvalue weighted by Crippen LogP contribution is 2.28. The van der Waals surface area contributed by atoms with E-state index in [2.05, 4.69) is 20.8 Å². The Morgan fingerprint density at radius 3 is 2.07 bits per heavy atom. The molecule has 0 rings (SSSR count). The first-order valence-electron chi connectivity index (χ1n) is 5.37. The van der Waals surface area contributed by atoms with Gasteiger partial charge in [-0.2, -0.15) is 0 Å². The fourth-order valence-electron chi connectivity index (χ4n) is 1.75. The van der Waals surface area contributed by atoms with Crippen LogP contribution in [0.1, 0.15) is 27.7 Å². The van der Waals surface area contributed by atoms with Crippen molar-refractivity contribution in [3.8, 4) is 0 Å². The Balaban J connectivity index is 4.48. The summed E-state index contributed by atoms with van der Waals surface area (Å²) in [6.45, 7) is 10.2. The lowest BCUT2D eigenvalue weighted by atomic mass is 10.5. The maximum atomic E-state index is 10.2. The molecule has 0 amide bonds. The van der Waals surface area contributed by atoms with Gasteiger partial charge in [0.15, 0.2) is 0 Å². The van der Waals surface area contributed by atoms with Gasteiger partial charge >= 0.3 is 6.47 Å². The molecule has 0 N–H and O–H groups in total. The van der Waals surface area contributed by atoms with Crippen LogP contribution in [0.3, 0.4) is 0 Å². The lowest BCUT2D eigenvalue weighted by Gasteiger charge is -2.28. The molecule has 0 heterocycles. The fourth-order valence-corrected chi connectivity index (χ4v) is 5.01. The van der Waals surface area contributed by atoms with E-state index >= 15 is 0 Å². The predicted molar refractivity (Wildman–Crippen MR) is 62.5 cm³/mol. The fraction of sp³-hybridized carbons (Fsp3) is 0.727. The Hall–Kier alpha value is -0.573. The SMILES string of the molecule is CC=C(C[Si](CC)(CC)CC)O[C]=O. The van der Waals surface area contributed by atoms with Crippen molar-refractivity contribution in [3.05, 3.63) is 11.8 Å². The normalized spacial score (nSPS) is 12.7. The third-order valence-corrected chi connectivity index (χ3v) is 8.89. The van der Waals surface area contributed by atoms with Crippen LogP contribution in [-0.2, 0) is 9.53 Å². The van der Waals surface area contributed by atoms with Crippen molar-refractivity contribution in [2.75, 3.05) is 0 Å². The zero-order valence-electron chi connectivity index (χ0n) is 9.72. The molecule has 14 heavy (non-hydrogen) atoms. The molecule has 0 aliphatic heterocycles. The van der Waals surface area contributed by atoms with Gasteiger partial charge in [0.25, 0.3) is 0 Å². The summed E-state index contributed by atoms with van der Waals surface area (Å²) in [5, 5.41) is 0. The average Bonchev–Trinajstić information content (AvgIpc) is 2.25. The average molecular weight is 213 g/mol. The maximum absolute atomic E-state index is 10.2. The highest BCUT2D eigenvalue weighted by molar-refractivity contribution is 6.80. The first-order valence-corrected chi connectivity index (χ1v) is 8.20. The summed E-state index contributed by atoms with van der Waals surface area (Å²) in [7, 11) is -1.21. The van der Waals surface area contributed by atoms with E-state index in [9.17, 15) is 4.79 Å². The van der Waals surface area contributed by atoms with Gasteiger partial charge < -0.3 is 4.74 Å². The van der Waals surface area contributed by atoms with Gasteiger partial charge in [0, 0.05) is 6.04 Å². The third kappa shape index (κ3) is 3.66. The van der Waals surface area contributed by atoms with Gasteiger partial charge in [-0.1, -0.05) is 38.9 Å². The molecular formula is C11H21O2Si. The number of hydrogen-bond acceptors (Lipinski definition) is 2. The summed E-state index contributed by atoms with van der Waals surface area (Å²) in [5.74, 6) is 0.803. The largest absolute Gasteiger partial charge is 0.423 e. The lowest BCUT2D eigenvalue weighted by Crippen LogP contribution is -2.31. The number of hydrogen-bond donors (Lipinski definition) is 0. The zero-order valence-corrected chi connectivity index (χ0v) is 10.7. The van der Waals surface area contributed by atoms with Crippen LogP contribution in [0.2, 0.25) is 24.2 Å². The second-order valence-corrected chi connectivity index (χ2v) is 9.15. The number of ether oxygens (including phenoxy) is 1. The van der Waals surface area contributed by atoms with Crippen molar-refractivity contribution in [2.24, 2.45) is 0 Å². The van der Waals surface area contributed by atoms with Crippen LogP contribution in [0, 0.1) is 0 Å². The van der Waals surface area contributed by atoms with E-state index < -0.39 is 8.07 Å². The van der Waals surface area contributed by atoms with Crippen LogP contribution < -0.4 is 0 Å². The molecule has 0 saturated carbocycles. The molecule has 0 bridgehead atoms. The van der Waals surface area contributed by atoms with Crippen LogP contribution in [0.4, 0.5) is 0 Å². The minimum atomic E-state index is -1.21. The lowest BCUT2D eigenvalue weighted by molar-refractivity contribution is 0.362. The summed E-state index contributed by atoms with van der Waals surface area (Å²) >= 11 is 0. The van der Waals surface area contributed by atoms with Gasteiger partial charge in [-0.25, -0.2) is 4.79 Å². The van der Waals surface area contributed by atoms with Crippen LogP contribution in [-0.4, -0.2) is 14.5 Å². The zero-order chi connectivity index (χ0) is 11.0. The maximum Gasteiger partial charge on any atom is 0.422 e. The van der Waals surface area contributed by atoms with Gasteiger partial charge in [-0.15, -0.1) is 0 Å². The topological polar surface area (TPSA) is 26.3 Å². The van der Waals surface area contributed by atoms with Crippen LogP contribution >= 0.6 is 0 Å². The molecule has 0 aromatic carbocycles. The molecule has 2 nitrogen and oxygen atoms in total. The van der Waals surface area contributed by atoms with E-state index in [1.807, 2.05) is 13.0 Å². The van der Waals surface area contributed by atoms with Crippen LogP contribution in [0.5, 0.6) is 0 Å². The Morgan fingerprint density at radius 2 is 1.79 bits per heavy atom. The smallest absolute Gasteiger partial charge is 0.422 e. The van der Waals surface area contributed by atoms with Gasteiger partial charge in [-0.3, -0.25) is 0 Å². The van der Waals surface area contributed by atoms with Gasteiger partial charge in [-0.05, 0) is 13.0 Å². The van der Waals surface area contributed by atoms with E-state index in [1.54, 1.807) is 0 Å². The molecule has 3 heteroatoms. The summed E-state index contributed by atoms with van der Waals surface area (Å²) in [5.41, 5.74) is 0. The first kappa shape index (κ1) is 13.4. The molecule has 0 unspecified atom stereocenters. The van der Waals surface area contributed by atoms with Crippen molar-refractivity contribution >= 4 is 14.5 Å². The Morgan fingerprint density at radius 1 is 1.29 bits per heavy atom. The standard InChI is InChI=1S/C11H21O2Si/c1-5-11(13-10-12)9-14(6-2,7-3)8-4/h5H,6-9H2,1-4H3. The van der Waals surface area contributed by atoms with E-state index in [4.69, 9.17) is 4.74 Å². The number of rotatable bonds is 7. The molecule has 0 spiro atoms. The Labute approximate surface area is 88.4 Å². The number of allylic oxidation sites excluding steroid dienone is 2. The summed E-state index contributed by atoms with van der Waals surface area (Å²) in [4.78, 5) is 10.2. The highest BCUT2D eigenvalue weighted by Gasteiger charge is 2.28. The summed E-state index contributed by atoms with van der Waals surface area (Å²) in [6, 6.07) is 4.72. The van der Waals surface area contributed by atoms with E-state index in [0.29, 0.717) is 0 Å². The molecule has 81 valence electrons. The number of carbonyl (C=O) groups excluding carboxylic acids is 1. The van der Waals surface area contributed by atoms with E-state index in [0.717, 1.165) is 11.8 Å². The Kier molecular flexibility index (Phi) is 6.54. The van der Waals surface area contributed by atoms with E-state index in [1.165, 1.54) is 24.6 Å². The summed E-state index contributed by atoms with van der Waals surface area (Å²) < 4.78 is 4.84. The molecule has 0 fully saturated rings. The van der Waals surface area contributed by atoms with Crippen LogP contribution in [0.25, 0.3) is 0 Å². The van der Waals surface area contributed by atoms with Gasteiger partial charge in [0.1, 0.15) is 5.76 Å². The Bertz CT molecular complexity index is 187.